The van der Waals surface area contributed by atoms with Gasteiger partial charge in [0.25, 0.3) is 0 Å². The largest absolute Gasteiger partial charge is 0.444 e. The first kappa shape index (κ1) is 12.9. The quantitative estimate of drug-likeness (QED) is 0.546. The second-order valence-corrected chi connectivity index (χ2v) is 4.62. The standard InChI is InChI=1S/C17H12N2O2/c1-13-7-10-15(11-8-13)19-16(17(20)21-18-19)12-9-14-5-3-2-4-6-14/h2-8,10-11H,1H3/p+1. The average Bonchev–Trinajstić information content (AvgIpc) is 2.88. The minimum absolute atomic E-state index is 0.266. The lowest BCUT2D eigenvalue weighted by atomic mass is 10.2. The molecular weight excluding hydrogens is 264 g/mol. The highest BCUT2D eigenvalue weighted by Crippen LogP contribution is 2.02. The van der Waals surface area contributed by atoms with E-state index >= 15 is 0 Å². The van der Waals surface area contributed by atoms with Gasteiger partial charge in [-0.2, -0.15) is 0 Å². The highest BCUT2D eigenvalue weighted by Gasteiger charge is 2.20. The van der Waals surface area contributed by atoms with Crippen LogP contribution < -0.4 is 10.3 Å². The second-order valence-electron chi connectivity index (χ2n) is 4.62. The van der Waals surface area contributed by atoms with Crippen molar-refractivity contribution in [2.45, 2.75) is 6.92 Å². The zero-order valence-electron chi connectivity index (χ0n) is 11.5. The Morgan fingerprint density at radius 2 is 1.71 bits per heavy atom. The van der Waals surface area contributed by atoms with Crippen molar-refractivity contribution in [3.05, 3.63) is 81.8 Å². The van der Waals surface area contributed by atoms with E-state index in [0.29, 0.717) is 0 Å². The number of nitrogens with zero attached hydrogens (tertiary/aromatic N) is 1. The average molecular weight is 277 g/mol. The zero-order valence-corrected chi connectivity index (χ0v) is 11.5. The summed E-state index contributed by atoms with van der Waals surface area (Å²) in [6.45, 7) is 2.00. The maximum absolute atomic E-state index is 11.8. The predicted octanol–water partition coefficient (Wildman–Crippen LogP) is 1.95. The van der Waals surface area contributed by atoms with Crippen LogP contribution in [0, 0.1) is 18.8 Å². The van der Waals surface area contributed by atoms with Crippen LogP contribution in [0.3, 0.4) is 0 Å². The summed E-state index contributed by atoms with van der Waals surface area (Å²) in [5, 5.41) is 2.57. The van der Waals surface area contributed by atoms with Crippen molar-refractivity contribution in [3.63, 3.8) is 0 Å². The van der Waals surface area contributed by atoms with Crippen molar-refractivity contribution in [2.24, 2.45) is 0 Å². The molecule has 0 amide bonds. The van der Waals surface area contributed by atoms with Gasteiger partial charge in [-0.3, -0.25) is 4.52 Å². The number of aromatic amines is 1. The van der Waals surface area contributed by atoms with Gasteiger partial charge in [0.05, 0.1) is 0 Å². The summed E-state index contributed by atoms with van der Waals surface area (Å²) in [4.78, 5) is 11.8. The number of nitrogens with one attached hydrogen (secondary N) is 1. The van der Waals surface area contributed by atoms with Crippen LogP contribution in [0.15, 0.2) is 63.9 Å². The molecule has 3 rings (SSSR count). The first-order valence-electron chi connectivity index (χ1n) is 6.52. The minimum atomic E-state index is -0.487. The molecule has 1 heterocycles. The Labute approximate surface area is 121 Å². The van der Waals surface area contributed by atoms with Crippen LogP contribution in [0.25, 0.3) is 5.69 Å². The third-order valence-corrected chi connectivity index (χ3v) is 3.04. The maximum Gasteiger partial charge on any atom is 0.444 e. The van der Waals surface area contributed by atoms with Crippen molar-refractivity contribution in [2.75, 3.05) is 0 Å². The summed E-state index contributed by atoms with van der Waals surface area (Å²) in [7, 11) is 0. The molecular formula is C17H13N2O2+. The van der Waals surface area contributed by atoms with E-state index < -0.39 is 5.63 Å². The van der Waals surface area contributed by atoms with Crippen LogP contribution >= 0.6 is 0 Å². The van der Waals surface area contributed by atoms with E-state index in [0.717, 1.165) is 16.8 Å². The van der Waals surface area contributed by atoms with Gasteiger partial charge in [0.2, 0.25) is 5.69 Å². The molecule has 4 nitrogen and oxygen atoms in total. The van der Waals surface area contributed by atoms with Crippen LogP contribution in [0.2, 0.25) is 0 Å². The molecule has 0 aliphatic heterocycles. The lowest BCUT2D eigenvalue weighted by molar-refractivity contribution is -0.672. The Hall–Kier alpha value is -3.06. The molecule has 0 saturated heterocycles. The van der Waals surface area contributed by atoms with Crippen LogP contribution in [-0.2, 0) is 0 Å². The van der Waals surface area contributed by atoms with E-state index in [-0.39, 0.29) is 5.69 Å². The third kappa shape index (κ3) is 2.77. The van der Waals surface area contributed by atoms with Gasteiger partial charge in [0.15, 0.2) is 0 Å². The van der Waals surface area contributed by atoms with Gasteiger partial charge < -0.3 is 0 Å². The number of hydrogen-bond acceptors (Lipinski definition) is 2. The normalized spacial score (nSPS) is 9.95. The van der Waals surface area contributed by atoms with Gasteiger partial charge in [-0.05, 0) is 29.0 Å². The minimum Gasteiger partial charge on any atom is -0.281 e. The summed E-state index contributed by atoms with van der Waals surface area (Å²) in [5.74, 6) is 5.82. The van der Waals surface area contributed by atoms with E-state index in [9.17, 15) is 4.79 Å². The van der Waals surface area contributed by atoms with Gasteiger partial charge in [-0.25, -0.2) is 4.79 Å². The fourth-order valence-electron chi connectivity index (χ4n) is 1.91. The number of aryl methyl sites for hydroxylation is 1. The second kappa shape index (κ2) is 5.51. The van der Waals surface area contributed by atoms with Gasteiger partial charge in [0, 0.05) is 23.6 Å². The van der Waals surface area contributed by atoms with Crippen molar-refractivity contribution in [3.8, 4) is 17.5 Å². The summed E-state index contributed by atoms with van der Waals surface area (Å²) < 4.78 is 6.39. The molecule has 0 fully saturated rings. The van der Waals surface area contributed by atoms with E-state index in [4.69, 9.17) is 4.52 Å². The smallest absolute Gasteiger partial charge is 0.281 e. The van der Waals surface area contributed by atoms with Crippen LogP contribution in [-0.4, -0.2) is 5.27 Å². The number of hydrogen-bond donors (Lipinski definition) is 1. The van der Waals surface area contributed by atoms with E-state index in [1.165, 1.54) is 4.68 Å². The molecule has 0 bridgehead atoms. The summed E-state index contributed by atoms with van der Waals surface area (Å²) in [5.41, 5.74) is 2.56. The Bertz CT molecular complexity index is 863. The molecule has 0 unspecified atom stereocenters. The van der Waals surface area contributed by atoms with Crippen LogP contribution in [0.5, 0.6) is 0 Å². The molecule has 0 spiro atoms. The van der Waals surface area contributed by atoms with Crippen molar-refractivity contribution >= 4 is 0 Å². The van der Waals surface area contributed by atoms with Crippen molar-refractivity contribution < 1.29 is 9.20 Å². The van der Waals surface area contributed by atoms with Crippen LogP contribution in [0.4, 0.5) is 0 Å². The molecule has 1 aromatic heterocycles. The molecule has 0 saturated carbocycles. The summed E-state index contributed by atoms with van der Waals surface area (Å²) in [6, 6.07) is 17.2. The van der Waals surface area contributed by atoms with E-state index in [1.807, 2.05) is 61.5 Å². The maximum atomic E-state index is 11.8. The fraction of sp³-hybridized carbons (Fsp3) is 0.0588. The highest BCUT2D eigenvalue weighted by atomic mass is 16.5. The van der Waals surface area contributed by atoms with Gasteiger partial charge >= 0.3 is 11.3 Å². The van der Waals surface area contributed by atoms with E-state index in [1.54, 1.807) is 0 Å². The fourth-order valence-corrected chi connectivity index (χ4v) is 1.91. The van der Waals surface area contributed by atoms with Gasteiger partial charge in [-0.1, -0.05) is 41.8 Å². The molecule has 0 radical (unpaired) electrons. The lowest BCUT2D eigenvalue weighted by Gasteiger charge is -1.91. The van der Waals surface area contributed by atoms with E-state index in [2.05, 4.69) is 17.1 Å². The molecule has 0 atom stereocenters. The SMILES string of the molecule is Cc1ccc(-[n+]2[nH]oc(=O)c2C#Cc2ccccc2)cc1. The summed E-state index contributed by atoms with van der Waals surface area (Å²) >= 11 is 0. The van der Waals surface area contributed by atoms with Gasteiger partial charge in [-0.15, -0.1) is 0 Å². The molecule has 1 N–H and O–H groups in total. The molecule has 21 heavy (non-hydrogen) atoms. The monoisotopic (exact) mass is 277 g/mol. The molecule has 0 aliphatic carbocycles. The molecule has 102 valence electrons. The predicted molar refractivity (Wildman–Crippen MR) is 78.0 cm³/mol. The van der Waals surface area contributed by atoms with Gasteiger partial charge in [0.1, 0.15) is 0 Å². The first-order chi connectivity index (χ1) is 10.2. The third-order valence-electron chi connectivity index (χ3n) is 3.04. The van der Waals surface area contributed by atoms with Crippen molar-refractivity contribution in [1.29, 1.82) is 0 Å². The van der Waals surface area contributed by atoms with Crippen molar-refractivity contribution in [1.82, 2.24) is 5.27 Å². The number of benzene rings is 2. The number of rotatable bonds is 1. The Morgan fingerprint density at radius 1 is 1.00 bits per heavy atom. The van der Waals surface area contributed by atoms with Crippen LogP contribution in [0.1, 0.15) is 16.8 Å². The molecule has 3 aromatic rings. The Morgan fingerprint density at radius 3 is 2.43 bits per heavy atom. The highest BCUT2D eigenvalue weighted by molar-refractivity contribution is 5.38. The molecule has 2 aromatic carbocycles. The Balaban J connectivity index is 2.04. The summed E-state index contributed by atoms with van der Waals surface area (Å²) in [6.07, 6.45) is 0. The number of aromatic nitrogens is 2. The molecule has 0 aliphatic rings. The molecule has 4 heteroatoms. The topological polar surface area (TPSA) is 49.9 Å². The number of H-pyrrole nitrogens is 1. The lowest BCUT2D eigenvalue weighted by Crippen LogP contribution is -2.37. The first-order valence-corrected chi connectivity index (χ1v) is 6.52. The Kier molecular flexibility index (Phi) is 3.40. The zero-order chi connectivity index (χ0) is 14.7.